The molecule has 3 rings (SSSR count). The van der Waals surface area contributed by atoms with Gasteiger partial charge in [-0.05, 0) is 36.4 Å². The van der Waals surface area contributed by atoms with Crippen molar-refractivity contribution in [3.63, 3.8) is 0 Å². The summed E-state index contributed by atoms with van der Waals surface area (Å²) in [7, 11) is 0. The molecule has 0 aliphatic rings. The van der Waals surface area contributed by atoms with Crippen molar-refractivity contribution in [2.24, 2.45) is 0 Å². The van der Waals surface area contributed by atoms with Crippen LogP contribution in [0.15, 0.2) is 40.9 Å². The fourth-order valence-corrected chi connectivity index (χ4v) is 3.32. The van der Waals surface area contributed by atoms with Gasteiger partial charge in [0.05, 0.1) is 15.8 Å². The lowest BCUT2D eigenvalue weighted by molar-refractivity contribution is 0.477. The number of hydrogen-bond donors (Lipinski definition) is 1. The van der Waals surface area contributed by atoms with E-state index in [2.05, 4.69) is 20.9 Å². The number of halogens is 2. The van der Waals surface area contributed by atoms with Gasteiger partial charge in [0.15, 0.2) is 0 Å². The molecule has 0 aliphatic heterocycles. The third kappa shape index (κ3) is 2.11. The van der Waals surface area contributed by atoms with Gasteiger partial charge in [0.2, 0.25) is 0 Å². The van der Waals surface area contributed by atoms with Crippen LogP contribution in [-0.4, -0.2) is 10.1 Å². The lowest BCUT2D eigenvalue weighted by Gasteiger charge is -2.00. The largest absolute Gasteiger partial charge is 0.507 e. The molecule has 0 spiro atoms. The Kier molecular flexibility index (Phi) is 3.01. The molecule has 2 nitrogen and oxygen atoms in total. The molecule has 0 aliphatic carbocycles. The van der Waals surface area contributed by atoms with Crippen molar-refractivity contribution in [2.75, 3.05) is 0 Å². The molecule has 0 saturated heterocycles. The van der Waals surface area contributed by atoms with E-state index in [-0.39, 0.29) is 5.75 Å². The molecule has 2 aromatic carbocycles. The molecule has 0 amide bonds. The first-order valence-corrected chi connectivity index (χ1v) is 7.17. The summed E-state index contributed by atoms with van der Waals surface area (Å²) in [5.41, 5.74) is 1.62. The Balaban J connectivity index is 2.19. The normalized spacial score (nSPS) is 11.0. The number of rotatable bonds is 1. The average molecular weight is 341 g/mol. The maximum atomic E-state index is 9.94. The summed E-state index contributed by atoms with van der Waals surface area (Å²) in [4.78, 5) is 4.50. The van der Waals surface area contributed by atoms with Gasteiger partial charge in [0.1, 0.15) is 10.8 Å². The van der Waals surface area contributed by atoms with Gasteiger partial charge in [0.25, 0.3) is 0 Å². The van der Waals surface area contributed by atoms with Crippen LogP contribution in [0.25, 0.3) is 20.8 Å². The van der Waals surface area contributed by atoms with Crippen molar-refractivity contribution in [3.8, 4) is 16.3 Å². The minimum absolute atomic E-state index is 0.217. The summed E-state index contributed by atoms with van der Waals surface area (Å²) < 4.78 is 1.85. The van der Waals surface area contributed by atoms with Gasteiger partial charge in [0, 0.05) is 9.50 Å². The second-order valence-corrected chi connectivity index (χ2v) is 6.18. The number of phenolic OH excluding ortho intramolecular Hbond substituents is 1. The van der Waals surface area contributed by atoms with Crippen LogP contribution in [0.5, 0.6) is 5.75 Å². The van der Waals surface area contributed by atoms with Crippen molar-refractivity contribution < 1.29 is 5.11 Å². The molecule has 1 heterocycles. The highest BCUT2D eigenvalue weighted by Gasteiger charge is 2.10. The fourth-order valence-electron chi connectivity index (χ4n) is 1.70. The maximum Gasteiger partial charge on any atom is 0.128 e. The topological polar surface area (TPSA) is 33.1 Å². The van der Waals surface area contributed by atoms with E-state index in [1.54, 1.807) is 6.07 Å². The van der Waals surface area contributed by atoms with Crippen LogP contribution in [-0.2, 0) is 0 Å². The molecule has 5 heteroatoms. The first kappa shape index (κ1) is 12.0. The van der Waals surface area contributed by atoms with Gasteiger partial charge in [-0.1, -0.05) is 27.5 Å². The monoisotopic (exact) mass is 339 g/mol. The van der Waals surface area contributed by atoms with Gasteiger partial charge in [-0.2, -0.15) is 0 Å². The molecule has 0 fully saturated rings. The van der Waals surface area contributed by atoms with Crippen molar-refractivity contribution in [1.82, 2.24) is 4.98 Å². The summed E-state index contributed by atoms with van der Waals surface area (Å²) in [6.45, 7) is 0. The van der Waals surface area contributed by atoms with E-state index in [1.165, 1.54) is 11.3 Å². The van der Waals surface area contributed by atoms with E-state index in [0.29, 0.717) is 5.02 Å². The second-order valence-electron chi connectivity index (χ2n) is 3.79. The van der Waals surface area contributed by atoms with Gasteiger partial charge >= 0.3 is 0 Å². The van der Waals surface area contributed by atoms with Crippen LogP contribution >= 0.6 is 38.9 Å². The Morgan fingerprint density at radius 1 is 1.17 bits per heavy atom. The Morgan fingerprint density at radius 2 is 2.00 bits per heavy atom. The number of benzene rings is 2. The first-order chi connectivity index (χ1) is 8.63. The zero-order valence-electron chi connectivity index (χ0n) is 9.02. The highest BCUT2D eigenvalue weighted by molar-refractivity contribution is 9.10. The lowest BCUT2D eigenvalue weighted by Crippen LogP contribution is -1.77. The maximum absolute atomic E-state index is 9.94. The SMILES string of the molecule is Oc1cc(Br)ccc1-c1nc2ccc(Cl)cc2s1. The summed E-state index contributed by atoms with van der Waals surface area (Å²) in [5.74, 6) is 0.217. The van der Waals surface area contributed by atoms with Gasteiger partial charge in [-0.25, -0.2) is 4.98 Å². The molecular formula is C13H7BrClNOS. The number of hydrogen-bond acceptors (Lipinski definition) is 3. The van der Waals surface area contributed by atoms with Crippen LogP contribution in [0, 0.1) is 0 Å². The third-order valence-electron chi connectivity index (χ3n) is 2.54. The highest BCUT2D eigenvalue weighted by Crippen LogP contribution is 2.37. The van der Waals surface area contributed by atoms with Crippen molar-refractivity contribution >= 4 is 49.1 Å². The Hall–Kier alpha value is -1.10. The Bertz CT molecular complexity index is 741. The molecule has 1 aromatic heterocycles. The quantitative estimate of drug-likeness (QED) is 0.669. The Labute approximate surface area is 121 Å². The van der Waals surface area contributed by atoms with E-state index in [1.807, 2.05) is 30.3 Å². The zero-order valence-corrected chi connectivity index (χ0v) is 12.2. The molecule has 90 valence electrons. The highest BCUT2D eigenvalue weighted by atomic mass is 79.9. The number of fused-ring (bicyclic) bond motifs is 1. The molecule has 0 radical (unpaired) electrons. The number of thiazole rings is 1. The van der Waals surface area contributed by atoms with Crippen molar-refractivity contribution in [3.05, 3.63) is 45.9 Å². The number of aromatic nitrogens is 1. The molecule has 1 N–H and O–H groups in total. The van der Waals surface area contributed by atoms with Gasteiger partial charge in [-0.3, -0.25) is 0 Å². The predicted octanol–water partition coefficient (Wildman–Crippen LogP) is 5.08. The summed E-state index contributed by atoms with van der Waals surface area (Å²) in [5, 5.41) is 11.4. The molecular weight excluding hydrogens is 334 g/mol. The number of aromatic hydroxyl groups is 1. The fraction of sp³-hybridized carbons (Fsp3) is 0. The van der Waals surface area contributed by atoms with E-state index in [4.69, 9.17) is 11.6 Å². The van der Waals surface area contributed by atoms with Crippen LogP contribution < -0.4 is 0 Å². The first-order valence-electron chi connectivity index (χ1n) is 5.18. The predicted molar refractivity (Wildman–Crippen MR) is 79.4 cm³/mol. The molecule has 18 heavy (non-hydrogen) atoms. The van der Waals surface area contributed by atoms with E-state index in [0.717, 1.165) is 25.3 Å². The molecule has 0 saturated carbocycles. The van der Waals surface area contributed by atoms with Gasteiger partial charge < -0.3 is 5.11 Å². The van der Waals surface area contributed by atoms with E-state index >= 15 is 0 Å². The molecule has 3 aromatic rings. The minimum Gasteiger partial charge on any atom is -0.507 e. The molecule has 0 bridgehead atoms. The van der Waals surface area contributed by atoms with Gasteiger partial charge in [-0.15, -0.1) is 11.3 Å². The second kappa shape index (κ2) is 4.53. The van der Waals surface area contributed by atoms with Crippen LogP contribution in [0.4, 0.5) is 0 Å². The number of nitrogens with zero attached hydrogens (tertiary/aromatic N) is 1. The number of phenols is 1. The summed E-state index contributed by atoms with van der Waals surface area (Å²) in [6.07, 6.45) is 0. The van der Waals surface area contributed by atoms with E-state index in [9.17, 15) is 5.11 Å². The minimum atomic E-state index is 0.217. The van der Waals surface area contributed by atoms with Crippen LogP contribution in [0.1, 0.15) is 0 Å². The zero-order chi connectivity index (χ0) is 12.7. The third-order valence-corrected chi connectivity index (χ3v) is 4.32. The smallest absolute Gasteiger partial charge is 0.128 e. The molecule has 0 atom stereocenters. The van der Waals surface area contributed by atoms with Crippen LogP contribution in [0.3, 0.4) is 0 Å². The Morgan fingerprint density at radius 3 is 2.78 bits per heavy atom. The average Bonchev–Trinajstić information content (AvgIpc) is 2.71. The standard InChI is InChI=1S/C13H7BrClNOS/c14-7-1-3-9(11(17)5-7)13-16-10-4-2-8(15)6-12(10)18-13/h1-6,17H. The lowest BCUT2D eigenvalue weighted by atomic mass is 10.2. The molecule has 0 unspecified atom stereocenters. The summed E-state index contributed by atoms with van der Waals surface area (Å²) >= 11 is 10.8. The van der Waals surface area contributed by atoms with E-state index < -0.39 is 0 Å². The van der Waals surface area contributed by atoms with Crippen molar-refractivity contribution in [1.29, 1.82) is 0 Å². The summed E-state index contributed by atoms with van der Waals surface area (Å²) in [6, 6.07) is 11.0. The van der Waals surface area contributed by atoms with Crippen LogP contribution in [0.2, 0.25) is 5.02 Å². The van der Waals surface area contributed by atoms with Crippen molar-refractivity contribution in [2.45, 2.75) is 0 Å².